The van der Waals surface area contributed by atoms with Gasteiger partial charge in [0, 0.05) is 31.3 Å². The molecule has 0 radical (unpaired) electrons. The monoisotopic (exact) mass is 271 g/mol. The van der Waals surface area contributed by atoms with Gasteiger partial charge in [-0.25, -0.2) is 0 Å². The van der Waals surface area contributed by atoms with E-state index in [0.29, 0.717) is 12.8 Å². The molecule has 106 valence electrons. The van der Waals surface area contributed by atoms with Crippen molar-refractivity contribution in [3.63, 3.8) is 0 Å². The Bertz CT molecular complexity index is 602. The van der Waals surface area contributed by atoms with Crippen molar-refractivity contribution >= 4 is 11.5 Å². The summed E-state index contributed by atoms with van der Waals surface area (Å²) in [7, 11) is 1.89. The van der Waals surface area contributed by atoms with E-state index < -0.39 is 0 Å². The minimum absolute atomic E-state index is 0.234. The van der Waals surface area contributed by atoms with Crippen LogP contribution in [0.3, 0.4) is 0 Å². The van der Waals surface area contributed by atoms with E-state index in [-0.39, 0.29) is 5.78 Å². The first-order valence-electron chi connectivity index (χ1n) is 6.96. The van der Waals surface area contributed by atoms with Crippen molar-refractivity contribution in [3.8, 4) is 0 Å². The van der Waals surface area contributed by atoms with Gasteiger partial charge in [-0.3, -0.25) is 9.48 Å². The lowest BCUT2D eigenvalue weighted by Crippen LogP contribution is -2.08. The molecule has 0 amide bonds. The van der Waals surface area contributed by atoms with Gasteiger partial charge in [-0.15, -0.1) is 0 Å². The molecule has 4 heteroatoms. The number of anilines is 1. The van der Waals surface area contributed by atoms with Crippen LogP contribution in [0.4, 0.5) is 5.69 Å². The summed E-state index contributed by atoms with van der Waals surface area (Å²) in [6, 6.07) is 9.71. The Morgan fingerprint density at radius 2 is 2.15 bits per heavy atom. The number of nitrogens with zero attached hydrogens (tertiary/aromatic N) is 2. The van der Waals surface area contributed by atoms with Crippen LogP contribution >= 0.6 is 0 Å². The average Bonchev–Trinajstić information content (AvgIpc) is 2.77. The van der Waals surface area contributed by atoms with E-state index in [2.05, 4.69) is 12.0 Å². The van der Waals surface area contributed by atoms with Gasteiger partial charge in [-0.2, -0.15) is 5.10 Å². The van der Waals surface area contributed by atoms with Crippen LogP contribution < -0.4 is 5.73 Å². The summed E-state index contributed by atoms with van der Waals surface area (Å²) in [5.41, 5.74) is 9.60. The molecule has 0 aliphatic heterocycles. The normalized spacial score (nSPS) is 10.7. The third-order valence-electron chi connectivity index (χ3n) is 3.41. The molecule has 0 aliphatic carbocycles. The maximum Gasteiger partial charge on any atom is 0.139 e. The Kier molecular flexibility index (Phi) is 4.56. The van der Waals surface area contributed by atoms with Crippen molar-refractivity contribution in [3.05, 3.63) is 47.3 Å². The Labute approximate surface area is 119 Å². The van der Waals surface area contributed by atoms with Crippen molar-refractivity contribution in [2.24, 2.45) is 7.05 Å². The number of carbonyl (C=O) groups excluding carboxylic acids is 1. The summed E-state index contributed by atoms with van der Waals surface area (Å²) < 4.78 is 1.80. The minimum atomic E-state index is 0.234. The van der Waals surface area contributed by atoms with E-state index in [1.807, 2.05) is 37.4 Å². The zero-order chi connectivity index (χ0) is 14.5. The molecule has 1 aromatic carbocycles. The Morgan fingerprint density at radius 3 is 2.80 bits per heavy atom. The maximum atomic E-state index is 12.0. The number of hydrogen-bond donors (Lipinski definition) is 1. The minimum Gasteiger partial charge on any atom is -0.399 e. The predicted molar refractivity (Wildman–Crippen MR) is 80.5 cm³/mol. The number of carbonyl (C=O) groups is 1. The maximum absolute atomic E-state index is 12.0. The lowest BCUT2D eigenvalue weighted by atomic mass is 10.0. The highest BCUT2D eigenvalue weighted by Crippen LogP contribution is 2.11. The van der Waals surface area contributed by atoms with Crippen LogP contribution in [-0.2, 0) is 31.1 Å². The van der Waals surface area contributed by atoms with Gasteiger partial charge < -0.3 is 5.73 Å². The number of ketones is 1. The Balaban J connectivity index is 1.90. The fraction of sp³-hybridized carbons (Fsp3) is 0.375. The van der Waals surface area contributed by atoms with E-state index in [1.54, 1.807) is 4.68 Å². The molecule has 2 N–H and O–H groups in total. The quantitative estimate of drug-likeness (QED) is 0.820. The van der Waals surface area contributed by atoms with Crippen LogP contribution in [0, 0.1) is 0 Å². The van der Waals surface area contributed by atoms with Gasteiger partial charge >= 0.3 is 0 Å². The van der Waals surface area contributed by atoms with E-state index >= 15 is 0 Å². The lowest BCUT2D eigenvalue weighted by Gasteiger charge is -2.03. The predicted octanol–water partition coefficient (Wildman–Crippen LogP) is 2.31. The summed E-state index contributed by atoms with van der Waals surface area (Å²) in [5, 5.41) is 4.36. The van der Waals surface area contributed by atoms with Crippen LogP contribution in [0.2, 0.25) is 0 Å². The first-order chi connectivity index (χ1) is 9.58. The second-order valence-corrected chi connectivity index (χ2v) is 5.06. The first kappa shape index (κ1) is 14.3. The topological polar surface area (TPSA) is 60.9 Å². The molecular formula is C16H21N3O. The molecular weight excluding hydrogens is 250 g/mol. The number of Topliss-reactive ketones (excluding diaryl/α,β-unsaturated/α-hetero) is 1. The molecule has 1 heterocycles. The average molecular weight is 271 g/mol. The van der Waals surface area contributed by atoms with Gasteiger partial charge in [0.25, 0.3) is 0 Å². The molecule has 2 rings (SSSR count). The third kappa shape index (κ3) is 3.70. The third-order valence-corrected chi connectivity index (χ3v) is 3.41. The number of aromatic nitrogens is 2. The fourth-order valence-electron chi connectivity index (χ4n) is 2.23. The van der Waals surface area contributed by atoms with Crippen LogP contribution in [0.5, 0.6) is 0 Å². The van der Waals surface area contributed by atoms with Gasteiger partial charge in [0.2, 0.25) is 0 Å². The molecule has 0 saturated carbocycles. The molecule has 0 atom stereocenters. The van der Waals surface area contributed by atoms with E-state index in [1.165, 1.54) is 0 Å². The number of aryl methyl sites for hydroxylation is 3. The summed E-state index contributed by atoms with van der Waals surface area (Å²) in [4.78, 5) is 12.0. The van der Waals surface area contributed by atoms with Gasteiger partial charge in [0.05, 0.1) is 5.69 Å². The van der Waals surface area contributed by atoms with Crippen LogP contribution in [0.1, 0.15) is 30.3 Å². The number of rotatable bonds is 6. The molecule has 4 nitrogen and oxygen atoms in total. The smallest absolute Gasteiger partial charge is 0.139 e. The highest BCUT2D eigenvalue weighted by atomic mass is 16.1. The Hall–Kier alpha value is -2.10. The summed E-state index contributed by atoms with van der Waals surface area (Å²) >= 11 is 0. The molecule has 2 aromatic rings. The standard InChI is InChI=1S/C16H21N3O/c1-3-14-10-15(19(2)18-14)11-16(20)8-7-12-5-4-6-13(17)9-12/h4-6,9-10H,3,7-8,11,17H2,1-2H3. The van der Waals surface area contributed by atoms with E-state index in [0.717, 1.165) is 35.5 Å². The highest BCUT2D eigenvalue weighted by molar-refractivity contribution is 5.80. The Morgan fingerprint density at radius 1 is 1.35 bits per heavy atom. The molecule has 0 bridgehead atoms. The van der Waals surface area contributed by atoms with Crippen molar-refractivity contribution in [2.75, 3.05) is 5.73 Å². The summed E-state index contributed by atoms with van der Waals surface area (Å²) in [5.74, 6) is 0.234. The number of nitrogens with two attached hydrogens (primary N) is 1. The lowest BCUT2D eigenvalue weighted by molar-refractivity contribution is -0.118. The van der Waals surface area contributed by atoms with Crippen LogP contribution in [-0.4, -0.2) is 15.6 Å². The number of hydrogen-bond acceptors (Lipinski definition) is 3. The number of nitrogen functional groups attached to an aromatic ring is 1. The SMILES string of the molecule is CCc1cc(CC(=O)CCc2cccc(N)c2)n(C)n1. The first-order valence-corrected chi connectivity index (χ1v) is 6.96. The van der Waals surface area contributed by atoms with Crippen molar-refractivity contribution in [1.29, 1.82) is 0 Å². The molecule has 0 saturated heterocycles. The number of benzene rings is 1. The van der Waals surface area contributed by atoms with Crippen molar-refractivity contribution in [2.45, 2.75) is 32.6 Å². The zero-order valence-corrected chi connectivity index (χ0v) is 12.1. The fourth-order valence-corrected chi connectivity index (χ4v) is 2.23. The van der Waals surface area contributed by atoms with Crippen LogP contribution in [0.15, 0.2) is 30.3 Å². The van der Waals surface area contributed by atoms with E-state index in [9.17, 15) is 4.79 Å². The molecule has 0 aliphatic rings. The van der Waals surface area contributed by atoms with Crippen molar-refractivity contribution in [1.82, 2.24) is 9.78 Å². The largest absolute Gasteiger partial charge is 0.399 e. The van der Waals surface area contributed by atoms with Crippen LogP contribution in [0.25, 0.3) is 0 Å². The molecule has 0 unspecified atom stereocenters. The van der Waals surface area contributed by atoms with Gasteiger partial charge in [-0.1, -0.05) is 19.1 Å². The highest BCUT2D eigenvalue weighted by Gasteiger charge is 2.09. The van der Waals surface area contributed by atoms with E-state index in [4.69, 9.17) is 5.73 Å². The second kappa shape index (κ2) is 6.37. The molecule has 20 heavy (non-hydrogen) atoms. The summed E-state index contributed by atoms with van der Waals surface area (Å²) in [6.07, 6.45) is 2.62. The summed E-state index contributed by atoms with van der Waals surface area (Å²) in [6.45, 7) is 2.06. The molecule has 1 aromatic heterocycles. The van der Waals surface area contributed by atoms with Gasteiger partial charge in [0.1, 0.15) is 5.78 Å². The zero-order valence-electron chi connectivity index (χ0n) is 12.1. The van der Waals surface area contributed by atoms with Gasteiger partial charge in [0.15, 0.2) is 0 Å². The molecule has 0 spiro atoms. The van der Waals surface area contributed by atoms with Gasteiger partial charge in [-0.05, 0) is 36.6 Å². The molecule has 0 fully saturated rings. The van der Waals surface area contributed by atoms with Crippen molar-refractivity contribution < 1.29 is 4.79 Å². The second-order valence-electron chi connectivity index (χ2n) is 5.06.